The maximum Gasteiger partial charge on any atom is 0.237 e. The van der Waals surface area contributed by atoms with Gasteiger partial charge in [0.25, 0.3) is 0 Å². The lowest BCUT2D eigenvalue weighted by molar-refractivity contribution is -0.113. The Morgan fingerprint density at radius 1 is 1.05 bits per heavy atom. The third-order valence-corrected chi connectivity index (χ3v) is 9.18. The summed E-state index contributed by atoms with van der Waals surface area (Å²) in [5.41, 5.74) is 2.28. The van der Waals surface area contributed by atoms with Crippen LogP contribution in [0.25, 0.3) is 11.4 Å². The lowest BCUT2D eigenvalue weighted by Crippen LogP contribution is -2.22. The zero-order chi connectivity index (χ0) is 25.9. The van der Waals surface area contributed by atoms with Gasteiger partial charge in [-0.3, -0.25) is 19.5 Å². The molecule has 1 fully saturated rings. The van der Waals surface area contributed by atoms with Crippen molar-refractivity contribution in [1.82, 2.24) is 24.7 Å². The van der Waals surface area contributed by atoms with Gasteiger partial charge in [-0.05, 0) is 30.7 Å². The number of ketones is 1. The number of amides is 1. The maximum atomic E-state index is 12.9. The number of fused-ring (bicyclic) bond motifs is 1. The van der Waals surface area contributed by atoms with Gasteiger partial charge in [0.05, 0.1) is 17.0 Å². The summed E-state index contributed by atoms with van der Waals surface area (Å²) in [5, 5.41) is 14.6. The van der Waals surface area contributed by atoms with Gasteiger partial charge in [-0.15, -0.1) is 21.5 Å². The van der Waals surface area contributed by atoms with E-state index in [0.717, 1.165) is 29.4 Å². The summed E-state index contributed by atoms with van der Waals surface area (Å²) < 4.78 is 2.22. The Bertz CT molecular complexity index is 1430. The molecule has 3 heterocycles. The maximum absolute atomic E-state index is 12.9. The molecule has 1 saturated carbocycles. The highest BCUT2D eigenvalue weighted by atomic mass is 32.2. The molecule has 1 atom stereocenters. The number of hydrogen-bond donors (Lipinski definition) is 1. The summed E-state index contributed by atoms with van der Waals surface area (Å²) in [4.78, 5) is 35.6. The Morgan fingerprint density at radius 3 is 2.68 bits per heavy atom. The summed E-state index contributed by atoms with van der Waals surface area (Å²) in [7, 11) is 0. The van der Waals surface area contributed by atoms with Crippen molar-refractivity contribution in [1.29, 1.82) is 0 Å². The van der Waals surface area contributed by atoms with E-state index in [2.05, 4.69) is 36.1 Å². The third kappa shape index (κ3) is 5.28. The number of Topliss-reactive ketones (excluding diaryl/α,β-unsaturated/α-hetero) is 1. The molecule has 0 spiro atoms. The number of thiophene rings is 1. The summed E-state index contributed by atoms with van der Waals surface area (Å²) >= 11 is 3.04. The smallest absolute Gasteiger partial charge is 0.237 e. The van der Waals surface area contributed by atoms with Gasteiger partial charge < -0.3 is 0 Å². The van der Waals surface area contributed by atoms with Crippen LogP contribution in [0.1, 0.15) is 71.4 Å². The van der Waals surface area contributed by atoms with E-state index in [9.17, 15) is 9.59 Å². The van der Waals surface area contributed by atoms with E-state index in [4.69, 9.17) is 0 Å². The zero-order valence-corrected chi connectivity index (χ0v) is 22.5. The first-order valence-electron chi connectivity index (χ1n) is 13.0. The second-order valence-corrected chi connectivity index (χ2v) is 11.7. The highest BCUT2D eigenvalue weighted by Gasteiger charge is 2.29. The number of nitrogens with one attached hydrogen (secondary N) is 1. The molecule has 10 heteroatoms. The van der Waals surface area contributed by atoms with Crippen molar-refractivity contribution in [3.05, 3.63) is 70.2 Å². The minimum Gasteiger partial charge on any atom is -0.299 e. The Kier molecular flexibility index (Phi) is 7.33. The van der Waals surface area contributed by atoms with Crippen LogP contribution in [-0.2, 0) is 11.2 Å². The molecule has 2 aliphatic carbocycles. The van der Waals surface area contributed by atoms with E-state index >= 15 is 0 Å². The molecule has 8 nitrogen and oxygen atoms in total. The minimum absolute atomic E-state index is 0.0503. The predicted molar refractivity (Wildman–Crippen MR) is 149 cm³/mol. The van der Waals surface area contributed by atoms with Crippen molar-refractivity contribution in [3.8, 4) is 11.4 Å². The molecule has 1 N–H and O–H groups in total. The summed E-state index contributed by atoms with van der Waals surface area (Å²) in [6.07, 6.45) is 8.48. The Hall–Kier alpha value is -3.37. The van der Waals surface area contributed by atoms with Gasteiger partial charge >= 0.3 is 0 Å². The molecule has 0 saturated heterocycles. The fourth-order valence-electron chi connectivity index (χ4n) is 5.35. The van der Waals surface area contributed by atoms with Gasteiger partial charge in [-0.2, -0.15) is 0 Å². The van der Waals surface area contributed by atoms with E-state index < -0.39 is 0 Å². The quantitative estimate of drug-likeness (QED) is 0.287. The fourth-order valence-corrected chi connectivity index (χ4v) is 6.98. The highest BCUT2D eigenvalue weighted by molar-refractivity contribution is 7.99. The fraction of sp³-hybridized carbons (Fsp3) is 0.357. The number of benzene rings is 1. The van der Waals surface area contributed by atoms with E-state index in [1.54, 1.807) is 17.5 Å². The van der Waals surface area contributed by atoms with Crippen molar-refractivity contribution in [2.24, 2.45) is 0 Å². The molecule has 1 aromatic carbocycles. The van der Waals surface area contributed by atoms with Crippen molar-refractivity contribution in [2.45, 2.75) is 62.1 Å². The summed E-state index contributed by atoms with van der Waals surface area (Å²) in [6.45, 7) is 0. The average molecular weight is 545 g/mol. The van der Waals surface area contributed by atoms with Crippen molar-refractivity contribution in [2.75, 3.05) is 11.1 Å². The van der Waals surface area contributed by atoms with Gasteiger partial charge in [0.15, 0.2) is 16.8 Å². The van der Waals surface area contributed by atoms with Crippen LogP contribution in [0.4, 0.5) is 5.95 Å². The van der Waals surface area contributed by atoms with Gasteiger partial charge in [-0.1, -0.05) is 67.4 Å². The molecule has 6 rings (SSSR count). The third-order valence-electron chi connectivity index (χ3n) is 7.21. The molecular weight excluding hydrogens is 516 g/mol. The predicted octanol–water partition coefficient (Wildman–Crippen LogP) is 5.95. The number of aromatic nitrogens is 5. The average Bonchev–Trinajstić information content (AvgIpc) is 3.63. The van der Waals surface area contributed by atoms with Crippen LogP contribution in [0.2, 0.25) is 0 Å². The number of hydrogen-bond acceptors (Lipinski definition) is 8. The standard InChI is InChI=1S/C28H28N6O2S2/c35-23-15-19(24-12-7-13-37-24)14-22-21(23)16-29-27(30-22)31-25(36)17-38-28-33-32-26(18-8-3-1-4-9-18)34(28)20-10-5-2-6-11-20/h1,3-4,7-9,12-13,16,19-20H,2,5-6,10-11,14-15,17H2,(H,29,30,31,36)/t19-/m1/s1. The summed E-state index contributed by atoms with van der Waals surface area (Å²) in [5.74, 6) is 1.20. The molecule has 0 bridgehead atoms. The van der Waals surface area contributed by atoms with Crippen LogP contribution in [0.5, 0.6) is 0 Å². The Morgan fingerprint density at radius 2 is 1.89 bits per heavy atom. The van der Waals surface area contributed by atoms with Crippen LogP contribution in [-0.4, -0.2) is 42.2 Å². The monoisotopic (exact) mass is 544 g/mol. The van der Waals surface area contributed by atoms with Crippen LogP contribution in [0.3, 0.4) is 0 Å². The SMILES string of the molecule is O=C(CSc1nnc(-c2ccccc2)n1C1CCCCC1)Nc1ncc2c(n1)C[C@@H](c1cccs1)CC2=O. The summed E-state index contributed by atoms with van der Waals surface area (Å²) in [6, 6.07) is 14.5. The normalized spacial score (nSPS) is 17.8. The molecule has 0 unspecified atom stereocenters. The molecule has 2 aliphatic rings. The molecule has 3 aromatic heterocycles. The van der Waals surface area contributed by atoms with Crippen LogP contribution >= 0.6 is 23.1 Å². The molecule has 4 aromatic rings. The van der Waals surface area contributed by atoms with Crippen molar-refractivity contribution >= 4 is 40.7 Å². The Labute approximate surface area is 229 Å². The second kappa shape index (κ2) is 11.2. The molecule has 1 amide bonds. The minimum atomic E-state index is -0.216. The van der Waals surface area contributed by atoms with Crippen LogP contribution < -0.4 is 5.32 Å². The first kappa shape index (κ1) is 24.9. The van der Waals surface area contributed by atoms with Crippen LogP contribution in [0.15, 0.2) is 59.2 Å². The number of carbonyl (C=O) groups is 2. The van der Waals surface area contributed by atoms with E-state index in [0.29, 0.717) is 30.1 Å². The lowest BCUT2D eigenvalue weighted by Gasteiger charge is -2.25. The molecule has 38 heavy (non-hydrogen) atoms. The number of anilines is 1. The molecule has 0 radical (unpaired) electrons. The van der Waals surface area contributed by atoms with Gasteiger partial charge in [0, 0.05) is 35.0 Å². The second-order valence-electron chi connectivity index (χ2n) is 9.77. The first-order chi connectivity index (χ1) is 18.7. The van der Waals surface area contributed by atoms with E-state index in [1.807, 2.05) is 41.8 Å². The topological polar surface area (TPSA) is 103 Å². The number of carbonyl (C=O) groups excluding carboxylic acids is 2. The molecular formula is C28H28N6O2S2. The number of nitrogens with zero attached hydrogens (tertiary/aromatic N) is 5. The number of rotatable bonds is 7. The van der Waals surface area contributed by atoms with E-state index in [1.165, 1.54) is 35.9 Å². The van der Waals surface area contributed by atoms with Gasteiger partial charge in [0.2, 0.25) is 11.9 Å². The first-order valence-corrected chi connectivity index (χ1v) is 14.9. The van der Waals surface area contributed by atoms with Crippen molar-refractivity contribution in [3.63, 3.8) is 0 Å². The lowest BCUT2D eigenvalue weighted by atomic mass is 9.86. The van der Waals surface area contributed by atoms with Crippen molar-refractivity contribution < 1.29 is 9.59 Å². The number of thioether (sulfide) groups is 1. The largest absolute Gasteiger partial charge is 0.299 e. The highest BCUT2D eigenvalue weighted by Crippen LogP contribution is 2.36. The van der Waals surface area contributed by atoms with Gasteiger partial charge in [0.1, 0.15) is 0 Å². The van der Waals surface area contributed by atoms with Gasteiger partial charge in [-0.25, -0.2) is 9.97 Å². The molecule has 194 valence electrons. The molecule has 0 aliphatic heterocycles. The zero-order valence-electron chi connectivity index (χ0n) is 20.9. The Balaban J connectivity index is 1.16. The van der Waals surface area contributed by atoms with Crippen LogP contribution in [0, 0.1) is 0 Å². The van der Waals surface area contributed by atoms with E-state index in [-0.39, 0.29) is 29.3 Å².